The summed E-state index contributed by atoms with van der Waals surface area (Å²) in [6.45, 7) is 15.2. The Morgan fingerprint density at radius 2 is 1.95 bits per heavy atom. The van der Waals surface area contributed by atoms with Crippen molar-refractivity contribution in [1.29, 1.82) is 0 Å². The minimum Gasteiger partial charge on any atom is -0.314 e. The van der Waals surface area contributed by atoms with E-state index in [1.807, 2.05) is 11.8 Å². The van der Waals surface area contributed by atoms with Crippen molar-refractivity contribution in [2.45, 2.75) is 42.9 Å². The number of nitrogens with zero attached hydrogens (tertiary/aromatic N) is 1. The van der Waals surface area contributed by atoms with E-state index >= 15 is 0 Å². The van der Waals surface area contributed by atoms with Crippen LogP contribution in [0.15, 0.2) is 41.8 Å². The molecule has 0 aliphatic carbocycles. The standard InChI is InChI=1S/C18H28N2S/c1-5-8-16(20-13-11-19-12-14-20)15-9-6-7-10-17(15)21-18(2,3)4/h5-7,9-10,16,19H,1,8,11-14H2,2-4H3/t16-/m0/s1. The third-order valence-electron chi connectivity index (χ3n) is 3.68. The molecule has 3 heteroatoms. The Morgan fingerprint density at radius 3 is 2.57 bits per heavy atom. The SMILES string of the molecule is C=CC[C@@H](c1ccccc1SC(C)(C)C)N1CCNCC1. The van der Waals surface area contributed by atoms with E-state index in [1.54, 1.807) is 0 Å². The number of benzene rings is 1. The van der Waals surface area contributed by atoms with Gasteiger partial charge in [-0.2, -0.15) is 0 Å². The Hall–Kier alpha value is -0.770. The van der Waals surface area contributed by atoms with Crippen LogP contribution >= 0.6 is 11.8 Å². The lowest BCUT2D eigenvalue weighted by atomic mass is 10.0. The summed E-state index contributed by atoms with van der Waals surface area (Å²) >= 11 is 1.97. The molecular weight excluding hydrogens is 276 g/mol. The van der Waals surface area contributed by atoms with Gasteiger partial charge in [0.15, 0.2) is 0 Å². The van der Waals surface area contributed by atoms with Crippen LogP contribution in [0.25, 0.3) is 0 Å². The van der Waals surface area contributed by atoms with Crippen molar-refractivity contribution in [1.82, 2.24) is 10.2 Å². The molecule has 0 radical (unpaired) electrons. The maximum Gasteiger partial charge on any atom is 0.0394 e. The van der Waals surface area contributed by atoms with E-state index in [0.717, 1.165) is 32.6 Å². The first-order chi connectivity index (χ1) is 10.0. The van der Waals surface area contributed by atoms with Gasteiger partial charge < -0.3 is 5.32 Å². The first kappa shape index (κ1) is 16.6. The number of nitrogens with one attached hydrogen (secondary N) is 1. The predicted molar refractivity (Wildman–Crippen MR) is 94.0 cm³/mol. The van der Waals surface area contributed by atoms with Gasteiger partial charge in [-0.1, -0.05) is 45.0 Å². The fourth-order valence-electron chi connectivity index (χ4n) is 2.80. The Kier molecular flexibility index (Phi) is 5.91. The molecule has 116 valence electrons. The molecule has 0 bridgehead atoms. The monoisotopic (exact) mass is 304 g/mol. The maximum absolute atomic E-state index is 3.98. The Labute approximate surface area is 134 Å². The summed E-state index contributed by atoms with van der Waals surface area (Å²) in [6.07, 6.45) is 3.08. The van der Waals surface area contributed by atoms with Crippen LogP contribution in [0.4, 0.5) is 0 Å². The lowest BCUT2D eigenvalue weighted by Gasteiger charge is -2.36. The molecule has 1 fully saturated rings. The molecule has 2 nitrogen and oxygen atoms in total. The molecule has 21 heavy (non-hydrogen) atoms. The smallest absolute Gasteiger partial charge is 0.0394 e. The first-order valence-corrected chi connectivity index (χ1v) is 8.66. The van der Waals surface area contributed by atoms with Crippen molar-refractivity contribution in [3.8, 4) is 0 Å². The molecule has 0 spiro atoms. The van der Waals surface area contributed by atoms with Gasteiger partial charge in [0.05, 0.1) is 0 Å². The molecule has 1 saturated heterocycles. The second-order valence-corrected chi connectivity index (χ2v) is 8.45. The van der Waals surface area contributed by atoms with Crippen molar-refractivity contribution in [2.24, 2.45) is 0 Å². The molecule has 1 aromatic rings. The minimum absolute atomic E-state index is 0.234. The average Bonchev–Trinajstić information content (AvgIpc) is 2.45. The van der Waals surface area contributed by atoms with Crippen LogP contribution in [0.1, 0.15) is 38.8 Å². The van der Waals surface area contributed by atoms with E-state index < -0.39 is 0 Å². The third-order valence-corrected chi connectivity index (χ3v) is 4.88. The summed E-state index contributed by atoms with van der Waals surface area (Å²) in [5.41, 5.74) is 1.46. The van der Waals surface area contributed by atoms with Crippen molar-refractivity contribution in [3.63, 3.8) is 0 Å². The molecule has 1 atom stereocenters. The number of thioether (sulfide) groups is 1. The topological polar surface area (TPSA) is 15.3 Å². The zero-order valence-electron chi connectivity index (χ0n) is 13.6. The highest BCUT2D eigenvalue weighted by atomic mass is 32.2. The maximum atomic E-state index is 3.98. The summed E-state index contributed by atoms with van der Waals surface area (Å²) in [7, 11) is 0. The second-order valence-electron chi connectivity index (χ2n) is 6.58. The summed E-state index contributed by atoms with van der Waals surface area (Å²) in [5.74, 6) is 0. The molecule has 1 aliphatic rings. The molecule has 1 heterocycles. The molecule has 0 aromatic heterocycles. The van der Waals surface area contributed by atoms with Crippen molar-refractivity contribution in [2.75, 3.05) is 26.2 Å². The zero-order valence-corrected chi connectivity index (χ0v) is 14.4. The summed E-state index contributed by atoms with van der Waals surface area (Å²) in [6, 6.07) is 9.34. The second kappa shape index (κ2) is 7.48. The van der Waals surface area contributed by atoms with Gasteiger partial charge in [0.2, 0.25) is 0 Å². The van der Waals surface area contributed by atoms with Crippen LogP contribution < -0.4 is 5.32 Å². The van der Waals surface area contributed by atoms with Gasteiger partial charge in [-0.25, -0.2) is 0 Å². The Morgan fingerprint density at radius 1 is 1.29 bits per heavy atom. The largest absolute Gasteiger partial charge is 0.314 e. The van der Waals surface area contributed by atoms with Gasteiger partial charge >= 0.3 is 0 Å². The highest BCUT2D eigenvalue weighted by Gasteiger charge is 2.24. The van der Waals surface area contributed by atoms with Gasteiger partial charge in [0, 0.05) is 41.9 Å². The summed E-state index contributed by atoms with van der Waals surface area (Å²) < 4.78 is 0.234. The van der Waals surface area contributed by atoms with E-state index in [4.69, 9.17) is 0 Å². The molecule has 0 saturated carbocycles. The van der Waals surface area contributed by atoms with Gasteiger partial charge in [-0.3, -0.25) is 4.90 Å². The normalized spacial score (nSPS) is 18.4. The van der Waals surface area contributed by atoms with E-state index in [9.17, 15) is 0 Å². The van der Waals surface area contributed by atoms with Crippen LogP contribution in [-0.4, -0.2) is 35.8 Å². The lowest BCUT2D eigenvalue weighted by molar-refractivity contribution is 0.172. The van der Waals surface area contributed by atoms with Crippen molar-refractivity contribution < 1.29 is 0 Å². The van der Waals surface area contributed by atoms with E-state index in [-0.39, 0.29) is 4.75 Å². The van der Waals surface area contributed by atoms with E-state index in [0.29, 0.717) is 6.04 Å². The Balaban J connectivity index is 2.28. The predicted octanol–water partition coefficient (Wildman–Crippen LogP) is 4.10. The van der Waals surface area contributed by atoms with E-state index in [2.05, 4.69) is 67.9 Å². The van der Waals surface area contributed by atoms with Gasteiger partial charge in [-0.15, -0.1) is 18.3 Å². The highest BCUT2D eigenvalue weighted by molar-refractivity contribution is 8.00. The number of hydrogen-bond acceptors (Lipinski definition) is 3. The van der Waals surface area contributed by atoms with Crippen LogP contribution in [0, 0.1) is 0 Å². The van der Waals surface area contributed by atoms with Gasteiger partial charge in [0.25, 0.3) is 0 Å². The lowest BCUT2D eigenvalue weighted by Crippen LogP contribution is -2.45. The van der Waals surface area contributed by atoms with Crippen LogP contribution in [0.2, 0.25) is 0 Å². The van der Waals surface area contributed by atoms with Crippen LogP contribution in [0.3, 0.4) is 0 Å². The number of hydrogen-bond donors (Lipinski definition) is 1. The first-order valence-electron chi connectivity index (χ1n) is 7.85. The molecule has 0 unspecified atom stereocenters. The van der Waals surface area contributed by atoms with Crippen molar-refractivity contribution in [3.05, 3.63) is 42.5 Å². The molecule has 2 rings (SSSR count). The fourth-order valence-corrected chi connectivity index (χ4v) is 3.93. The third kappa shape index (κ3) is 4.87. The molecular formula is C18H28N2S. The molecule has 0 amide bonds. The fraction of sp³-hybridized carbons (Fsp3) is 0.556. The summed E-state index contributed by atoms with van der Waals surface area (Å²) in [5, 5.41) is 3.44. The molecule has 1 N–H and O–H groups in total. The Bertz CT molecular complexity index is 459. The van der Waals surface area contributed by atoms with E-state index in [1.165, 1.54) is 10.5 Å². The minimum atomic E-state index is 0.234. The number of rotatable bonds is 5. The number of piperazine rings is 1. The molecule has 1 aromatic carbocycles. The summed E-state index contributed by atoms with van der Waals surface area (Å²) in [4.78, 5) is 4.01. The van der Waals surface area contributed by atoms with Gasteiger partial charge in [0.1, 0.15) is 0 Å². The van der Waals surface area contributed by atoms with Crippen LogP contribution in [-0.2, 0) is 0 Å². The highest BCUT2D eigenvalue weighted by Crippen LogP contribution is 2.38. The van der Waals surface area contributed by atoms with Crippen molar-refractivity contribution >= 4 is 11.8 Å². The molecule has 1 aliphatic heterocycles. The average molecular weight is 305 g/mol. The van der Waals surface area contributed by atoms with Crippen LogP contribution in [0.5, 0.6) is 0 Å². The quantitative estimate of drug-likeness (QED) is 0.651. The van der Waals surface area contributed by atoms with Gasteiger partial charge in [-0.05, 0) is 18.1 Å². The zero-order chi connectivity index (χ0) is 15.3.